The second kappa shape index (κ2) is 4.76. The van der Waals surface area contributed by atoms with Gasteiger partial charge in [-0.25, -0.2) is 4.79 Å². The van der Waals surface area contributed by atoms with Crippen molar-refractivity contribution in [3.05, 3.63) is 21.9 Å². The zero-order chi connectivity index (χ0) is 12.5. The zero-order valence-corrected chi connectivity index (χ0v) is 10.9. The number of rotatable bonds is 3. The van der Waals surface area contributed by atoms with Crippen LogP contribution in [0.15, 0.2) is 11.4 Å². The van der Waals surface area contributed by atoms with Crippen molar-refractivity contribution in [3.8, 4) is 0 Å². The minimum absolute atomic E-state index is 0.314. The Morgan fingerprint density at radius 1 is 1.71 bits per heavy atom. The average molecular weight is 255 g/mol. The number of nitrogens with zero attached hydrogens (tertiary/aromatic N) is 1. The monoisotopic (exact) mass is 255 g/mol. The molecule has 1 N–H and O–H groups in total. The van der Waals surface area contributed by atoms with Gasteiger partial charge in [0.25, 0.3) is 0 Å². The van der Waals surface area contributed by atoms with Crippen LogP contribution < -0.4 is 0 Å². The SMILES string of the molecule is COC(=O)C(C)(O)CN1CCc2sccc2C1. The molecule has 0 fully saturated rings. The Labute approximate surface area is 105 Å². The molecule has 1 unspecified atom stereocenters. The lowest BCUT2D eigenvalue weighted by atomic mass is 10.0. The van der Waals surface area contributed by atoms with Gasteiger partial charge in [-0.05, 0) is 30.4 Å². The summed E-state index contributed by atoms with van der Waals surface area (Å²) in [4.78, 5) is 14.9. The topological polar surface area (TPSA) is 49.8 Å². The normalized spacial score (nSPS) is 19.5. The largest absolute Gasteiger partial charge is 0.467 e. The van der Waals surface area contributed by atoms with Gasteiger partial charge in [-0.2, -0.15) is 0 Å². The van der Waals surface area contributed by atoms with Crippen molar-refractivity contribution in [2.45, 2.75) is 25.5 Å². The second-order valence-corrected chi connectivity index (χ2v) is 5.60. The molecule has 1 aromatic heterocycles. The minimum atomic E-state index is -1.43. The maximum Gasteiger partial charge on any atom is 0.338 e. The molecule has 1 aliphatic rings. The fourth-order valence-corrected chi connectivity index (χ4v) is 3.05. The molecule has 0 aliphatic carbocycles. The van der Waals surface area contributed by atoms with Gasteiger partial charge in [-0.15, -0.1) is 11.3 Å². The molecule has 1 atom stereocenters. The van der Waals surface area contributed by atoms with E-state index in [1.807, 2.05) is 0 Å². The molecular weight excluding hydrogens is 238 g/mol. The highest BCUT2D eigenvalue weighted by atomic mass is 32.1. The Hall–Kier alpha value is -0.910. The number of thiophene rings is 1. The minimum Gasteiger partial charge on any atom is -0.467 e. The van der Waals surface area contributed by atoms with Gasteiger partial charge in [-0.1, -0.05) is 0 Å². The van der Waals surface area contributed by atoms with Gasteiger partial charge in [0, 0.05) is 24.5 Å². The van der Waals surface area contributed by atoms with Crippen molar-refractivity contribution < 1.29 is 14.6 Å². The van der Waals surface area contributed by atoms with Crippen LogP contribution in [-0.4, -0.2) is 41.8 Å². The highest BCUT2D eigenvalue weighted by Gasteiger charge is 2.34. The maximum atomic E-state index is 11.4. The van der Waals surface area contributed by atoms with E-state index in [0.29, 0.717) is 6.54 Å². The molecular formula is C12H17NO3S. The molecule has 5 heteroatoms. The molecule has 0 aromatic carbocycles. The molecule has 4 nitrogen and oxygen atoms in total. The lowest BCUT2D eigenvalue weighted by Gasteiger charge is -2.32. The molecule has 0 spiro atoms. The third-order valence-corrected chi connectivity index (χ3v) is 4.07. The first-order valence-corrected chi connectivity index (χ1v) is 6.49. The van der Waals surface area contributed by atoms with E-state index in [-0.39, 0.29) is 0 Å². The summed E-state index contributed by atoms with van der Waals surface area (Å²) < 4.78 is 4.60. The smallest absolute Gasteiger partial charge is 0.338 e. The highest BCUT2D eigenvalue weighted by Crippen LogP contribution is 2.25. The number of carbonyl (C=O) groups excluding carboxylic acids is 1. The van der Waals surface area contributed by atoms with E-state index >= 15 is 0 Å². The molecule has 0 amide bonds. The number of hydrogen-bond acceptors (Lipinski definition) is 5. The van der Waals surface area contributed by atoms with Crippen LogP contribution in [0.2, 0.25) is 0 Å². The Balaban J connectivity index is 2.00. The molecule has 94 valence electrons. The lowest BCUT2D eigenvalue weighted by Crippen LogP contribution is -2.48. The van der Waals surface area contributed by atoms with Crippen LogP contribution in [-0.2, 0) is 22.5 Å². The molecule has 1 aromatic rings. The Morgan fingerprint density at radius 3 is 3.18 bits per heavy atom. The number of fused-ring (bicyclic) bond motifs is 1. The van der Waals surface area contributed by atoms with Crippen LogP contribution >= 0.6 is 11.3 Å². The van der Waals surface area contributed by atoms with E-state index in [1.54, 1.807) is 11.3 Å². The fourth-order valence-electron chi connectivity index (χ4n) is 2.16. The van der Waals surface area contributed by atoms with E-state index in [4.69, 9.17) is 0 Å². The van der Waals surface area contributed by atoms with Crippen LogP contribution in [0.1, 0.15) is 17.4 Å². The van der Waals surface area contributed by atoms with Gasteiger partial charge in [0.05, 0.1) is 7.11 Å². The molecule has 2 heterocycles. The van der Waals surface area contributed by atoms with E-state index in [1.165, 1.54) is 24.5 Å². The number of hydrogen-bond donors (Lipinski definition) is 1. The van der Waals surface area contributed by atoms with Gasteiger partial charge < -0.3 is 9.84 Å². The molecule has 0 bridgehead atoms. The van der Waals surface area contributed by atoms with E-state index in [2.05, 4.69) is 21.1 Å². The van der Waals surface area contributed by atoms with Crippen molar-refractivity contribution in [2.24, 2.45) is 0 Å². The molecule has 2 rings (SSSR count). The van der Waals surface area contributed by atoms with Crippen molar-refractivity contribution in [3.63, 3.8) is 0 Å². The first-order chi connectivity index (χ1) is 8.03. The second-order valence-electron chi connectivity index (χ2n) is 4.60. The van der Waals surface area contributed by atoms with Gasteiger partial charge in [0.2, 0.25) is 0 Å². The average Bonchev–Trinajstić information content (AvgIpc) is 2.74. The highest BCUT2D eigenvalue weighted by molar-refractivity contribution is 7.10. The summed E-state index contributed by atoms with van der Waals surface area (Å²) in [5, 5.41) is 12.1. The Morgan fingerprint density at radius 2 is 2.47 bits per heavy atom. The first-order valence-electron chi connectivity index (χ1n) is 5.61. The van der Waals surface area contributed by atoms with Crippen LogP contribution in [0.25, 0.3) is 0 Å². The summed E-state index contributed by atoms with van der Waals surface area (Å²) >= 11 is 1.78. The van der Waals surface area contributed by atoms with Crippen molar-refractivity contribution in [1.29, 1.82) is 0 Å². The Bertz CT molecular complexity index is 414. The van der Waals surface area contributed by atoms with Gasteiger partial charge in [0.1, 0.15) is 0 Å². The van der Waals surface area contributed by atoms with E-state index in [0.717, 1.165) is 19.5 Å². The van der Waals surface area contributed by atoms with Crippen LogP contribution in [0, 0.1) is 0 Å². The summed E-state index contributed by atoms with van der Waals surface area (Å²) in [6, 6.07) is 2.11. The summed E-state index contributed by atoms with van der Waals surface area (Å²) in [7, 11) is 1.30. The number of aliphatic hydroxyl groups is 1. The number of ether oxygens (including phenoxy) is 1. The van der Waals surface area contributed by atoms with Crippen molar-refractivity contribution in [1.82, 2.24) is 4.90 Å². The predicted octanol–water partition coefficient (Wildman–Crippen LogP) is 1.03. The fraction of sp³-hybridized carbons (Fsp3) is 0.583. The van der Waals surface area contributed by atoms with Crippen LogP contribution in [0.3, 0.4) is 0 Å². The molecule has 17 heavy (non-hydrogen) atoms. The number of β-amino-alcohol motifs (C(OH)–C–C–N with tert-alkyl or cyclic N) is 1. The summed E-state index contributed by atoms with van der Waals surface area (Å²) in [5.74, 6) is -0.575. The number of methoxy groups -OCH3 is 1. The number of esters is 1. The van der Waals surface area contributed by atoms with E-state index in [9.17, 15) is 9.90 Å². The molecule has 0 radical (unpaired) electrons. The quantitative estimate of drug-likeness (QED) is 0.820. The summed E-state index contributed by atoms with van der Waals surface area (Å²) in [6.45, 7) is 3.49. The Kier molecular flexibility index (Phi) is 3.51. The van der Waals surface area contributed by atoms with Gasteiger partial charge in [0.15, 0.2) is 5.60 Å². The lowest BCUT2D eigenvalue weighted by molar-refractivity contribution is -0.162. The molecule has 0 saturated heterocycles. The molecule has 0 saturated carbocycles. The van der Waals surface area contributed by atoms with Gasteiger partial charge in [-0.3, -0.25) is 4.90 Å². The third kappa shape index (κ3) is 2.68. The van der Waals surface area contributed by atoms with Gasteiger partial charge >= 0.3 is 5.97 Å². The summed E-state index contributed by atoms with van der Waals surface area (Å²) in [6.07, 6.45) is 0.990. The molecule has 1 aliphatic heterocycles. The third-order valence-electron chi connectivity index (χ3n) is 3.04. The maximum absolute atomic E-state index is 11.4. The van der Waals surface area contributed by atoms with Crippen LogP contribution in [0.4, 0.5) is 0 Å². The number of carbonyl (C=O) groups is 1. The predicted molar refractivity (Wildman–Crippen MR) is 65.9 cm³/mol. The van der Waals surface area contributed by atoms with Crippen molar-refractivity contribution in [2.75, 3.05) is 20.2 Å². The van der Waals surface area contributed by atoms with E-state index < -0.39 is 11.6 Å². The first kappa shape index (κ1) is 12.5. The zero-order valence-electron chi connectivity index (χ0n) is 10.1. The van der Waals surface area contributed by atoms with Crippen LogP contribution in [0.5, 0.6) is 0 Å². The standard InChI is InChI=1S/C12H17NO3S/c1-12(15,11(14)16-2)8-13-5-3-10-9(7-13)4-6-17-10/h4,6,15H,3,5,7-8H2,1-2H3. The summed E-state index contributed by atoms with van der Waals surface area (Å²) in [5.41, 5.74) is -0.121. The van der Waals surface area contributed by atoms with Crippen molar-refractivity contribution >= 4 is 17.3 Å².